The van der Waals surface area contributed by atoms with Gasteiger partial charge in [0.05, 0.1) is 17.4 Å². The first-order valence-electron chi connectivity index (χ1n) is 9.40. The fraction of sp³-hybridized carbons (Fsp3) is 0.136. The van der Waals surface area contributed by atoms with E-state index in [1.165, 1.54) is 18.3 Å². The van der Waals surface area contributed by atoms with Crippen molar-refractivity contribution < 1.29 is 22.4 Å². The number of amides is 1. The number of halogens is 3. The second-order valence-electron chi connectivity index (χ2n) is 6.80. The Balaban J connectivity index is 1.37. The summed E-state index contributed by atoms with van der Waals surface area (Å²) < 4.78 is 48.4. The topological polar surface area (TPSA) is 73.0 Å². The highest BCUT2D eigenvalue weighted by Gasteiger charge is 2.14. The van der Waals surface area contributed by atoms with Crippen LogP contribution in [0, 0.1) is 24.4 Å². The fourth-order valence-corrected chi connectivity index (χ4v) is 3.10. The summed E-state index contributed by atoms with van der Waals surface area (Å²) in [5.41, 5.74) is 0.715. The maximum Gasteiger partial charge on any atom is 0.224 e. The molecule has 2 aromatic heterocycles. The minimum Gasteiger partial charge on any atom is -0.441 e. The van der Waals surface area contributed by atoms with E-state index in [1.807, 2.05) is 0 Å². The van der Waals surface area contributed by atoms with Gasteiger partial charge in [-0.05, 0) is 37.3 Å². The molecular formula is C22H17F3N4O2. The van der Waals surface area contributed by atoms with Crippen molar-refractivity contribution in [1.82, 2.24) is 14.5 Å². The van der Waals surface area contributed by atoms with Crippen LogP contribution in [0.3, 0.4) is 0 Å². The summed E-state index contributed by atoms with van der Waals surface area (Å²) in [5.74, 6) is -1.32. The van der Waals surface area contributed by atoms with Crippen LogP contribution in [0.1, 0.15) is 18.1 Å². The maximum atomic E-state index is 14.4. The number of imidazole rings is 1. The van der Waals surface area contributed by atoms with E-state index in [9.17, 15) is 18.0 Å². The average molecular weight is 426 g/mol. The lowest BCUT2D eigenvalue weighted by Crippen LogP contribution is -2.13. The van der Waals surface area contributed by atoms with Crippen LogP contribution in [0.2, 0.25) is 0 Å². The Morgan fingerprint density at radius 3 is 2.65 bits per heavy atom. The number of anilines is 1. The zero-order chi connectivity index (χ0) is 22.0. The molecule has 4 rings (SSSR count). The molecule has 0 unspecified atom stereocenters. The summed E-state index contributed by atoms with van der Waals surface area (Å²) in [4.78, 5) is 20.3. The van der Waals surface area contributed by atoms with Gasteiger partial charge in [-0.1, -0.05) is 0 Å². The molecule has 1 N–H and O–H groups in total. The van der Waals surface area contributed by atoms with Crippen molar-refractivity contribution in [1.29, 1.82) is 0 Å². The molecule has 0 aliphatic carbocycles. The van der Waals surface area contributed by atoms with E-state index in [1.54, 1.807) is 36.0 Å². The summed E-state index contributed by atoms with van der Waals surface area (Å²) >= 11 is 0. The van der Waals surface area contributed by atoms with Crippen LogP contribution in [-0.4, -0.2) is 20.4 Å². The standard InChI is InChI=1S/C22H17F3N4O2/c1-13-26-8-9-29(13)19-5-3-15(11-18(19)25)28-21(30)6-7-22-27-12-20(31-22)16-4-2-14(23)10-17(16)24/h2-5,8-12H,6-7H2,1H3,(H,28,30). The van der Waals surface area contributed by atoms with Crippen LogP contribution in [0.4, 0.5) is 18.9 Å². The van der Waals surface area contributed by atoms with Crippen molar-refractivity contribution in [3.63, 3.8) is 0 Å². The summed E-state index contributed by atoms with van der Waals surface area (Å²) in [5, 5.41) is 2.62. The van der Waals surface area contributed by atoms with Crippen LogP contribution in [0.5, 0.6) is 0 Å². The molecule has 31 heavy (non-hydrogen) atoms. The molecule has 6 nitrogen and oxygen atoms in total. The van der Waals surface area contributed by atoms with E-state index in [0.717, 1.165) is 12.1 Å². The molecule has 4 aromatic rings. The van der Waals surface area contributed by atoms with Crippen LogP contribution < -0.4 is 5.32 Å². The molecule has 2 aromatic carbocycles. The van der Waals surface area contributed by atoms with E-state index in [0.29, 0.717) is 17.2 Å². The van der Waals surface area contributed by atoms with Gasteiger partial charge in [0.15, 0.2) is 11.7 Å². The molecular weight excluding hydrogens is 409 g/mol. The quantitative estimate of drug-likeness (QED) is 0.480. The predicted molar refractivity (Wildman–Crippen MR) is 107 cm³/mol. The predicted octanol–water partition coefficient (Wildman–Crippen LogP) is 4.82. The van der Waals surface area contributed by atoms with E-state index >= 15 is 0 Å². The SMILES string of the molecule is Cc1nccn1-c1ccc(NC(=O)CCc2ncc(-c3ccc(F)cc3F)o2)cc1F. The number of aromatic nitrogens is 3. The third-order valence-corrected chi connectivity index (χ3v) is 4.63. The van der Waals surface area contributed by atoms with Gasteiger partial charge in [-0.2, -0.15) is 0 Å². The van der Waals surface area contributed by atoms with Gasteiger partial charge in [-0.15, -0.1) is 0 Å². The molecule has 0 aliphatic heterocycles. The van der Waals surface area contributed by atoms with Gasteiger partial charge >= 0.3 is 0 Å². The number of nitrogens with zero attached hydrogens (tertiary/aromatic N) is 3. The molecule has 0 saturated carbocycles. The normalized spacial score (nSPS) is 11.0. The molecule has 158 valence electrons. The smallest absolute Gasteiger partial charge is 0.224 e. The lowest BCUT2D eigenvalue weighted by molar-refractivity contribution is -0.116. The molecule has 0 fully saturated rings. The zero-order valence-corrected chi connectivity index (χ0v) is 16.4. The Morgan fingerprint density at radius 2 is 1.94 bits per heavy atom. The molecule has 9 heteroatoms. The Kier molecular flexibility index (Phi) is 5.57. The van der Waals surface area contributed by atoms with Crippen molar-refractivity contribution in [2.24, 2.45) is 0 Å². The van der Waals surface area contributed by atoms with Gasteiger partial charge in [0.2, 0.25) is 5.91 Å². The van der Waals surface area contributed by atoms with Gasteiger partial charge in [0.25, 0.3) is 0 Å². The number of rotatable bonds is 6. The van der Waals surface area contributed by atoms with Crippen molar-refractivity contribution >= 4 is 11.6 Å². The van der Waals surface area contributed by atoms with E-state index in [2.05, 4.69) is 15.3 Å². The first kappa shape index (κ1) is 20.4. The van der Waals surface area contributed by atoms with Crippen molar-refractivity contribution in [3.8, 4) is 17.0 Å². The van der Waals surface area contributed by atoms with Gasteiger partial charge < -0.3 is 14.3 Å². The number of hydrogen-bond donors (Lipinski definition) is 1. The van der Waals surface area contributed by atoms with Crippen molar-refractivity contribution in [2.45, 2.75) is 19.8 Å². The Bertz CT molecular complexity index is 1250. The molecule has 0 bridgehead atoms. The lowest BCUT2D eigenvalue weighted by Gasteiger charge is -2.09. The number of oxazole rings is 1. The van der Waals surface area contributed by atoms with Gasteiger partial charge in [-0.3, -0.25) is 4.79 Å². The van der Waals surface area contributed by atoms with Crippen LogP contribution in [0.15, 0.2) is 59.4 Å². The molecule has 1 amide bonds. The summed E-state index contributed by atoms with van der Waals surface area (Å²) in [6.45, 7) is 1.76. The number of carbonyl (C=O) groups is 1. The molecule has 0 aliphatic rings. The summed E-state index contributed by atoms with van der Waals surface area (Å²) in [6.07, 6.45) is 4.71. The lowest BCUT2D eigenvalue weighted by atomic mass is 10.2. The third-order valence-electron chi connectivity index (χ3n) is 4.63. The van der Waals surface area contributed by atoms with Gasteiger partial charge in [0.1, 0.15) is 23.3 Å². The average Bonchev–Trinajstić information content (AvgIpc) is 3.36. The number of benzene rings is 2. The number of aryl methyl sites for hydroxylation is 2. The van der Waals surface area contributed by atoms with E-state index in [4.69, 9.17) is 4.42 Å². The molecule has 0 atom stereocenters. The second kappa shape index (κ2) is 8.47. The first-order chi connectivity index (χ1) is 14.9. The van der Waals surface area contributed by atoms with Crippen LogP contribution in [-0.2, 0) is 11.2 Å². The largest absolute Gasteiger partial charge is 0.441 e. The number of nitrogens with one attached hydrogen (secondary N) is 1. The highest BCUT2D eigenvalue weighted by molar-refractivity contribution is 5.90. The third kappa shape index (κ3) is 4.50. The molecule has 0 radical (unpaired) electrons. The van der Waals surface area contributed by atoms with Gasteiger partial charge in [-0.25, -0.2) is 23.1 Å². The first-order valence-corrected chi connectivity index (χ1v) is 9.40. The molecule has 0 saturated heterocycles. The maximum absolute atomic E-state index is 14.4. The highest BCUT2D eigenvalue weighted by atomic mass is 19.1. The summed E-state index contributed by atoms with van der Waals surface area (Å²) in [6, 6.07) is 7.50. The zero-order valence-electron chi connectivity index (χ0n) is 16.4. The Morgan fingerprint density at radius 1 is 1.10 bits per heavy atom. The molecule has 2 heterocycles. The Labute approximate surface area is 175 Å². The Hall–Kier alpha value is -3.88. The highest BCUT2D eigenvalue weighted by Crippen LogP contribution is 2.25. The van der Waals surface area contributed by atoms with Crippen molar-refractivity contribution in [3.05, 3.63) is 84.2 Å². The van der Waals surface area contributed by atoms with E-state index in [-0.39, 0.29) is 36.0 Å². The number of hydrogen-bond acceptors (Lipinski definition) is 4. The van der Waals surface area contributed by atoms with Gasteiger partial charge in [0, 0.05) is 37.0 Å². The minimum absolute atomic E-state index is 0.0237. The van der Waals surface area contributed by atoms with Crippen molar-refractivity contribution in [2.75, 3.05) is 5.32 Å². The summed E-state index contributed by atoms with van der Waals surface area (Å²) in [7, 11) is 0. The monoisotopic (exact) mass is 426 g/mol. The number of carbonyl (C=O) groups excluding carboxylic acids is 1. The minimum atomic E-state index is -0.767. The fourth-order valence-electron chi connectivity index (χ4n) is 3.10. The van der Waals surface area contributed by atoms with Crippen LogP contribution >= 0.6 is 0 Å². The van der Waals surface area contributed by atoms with Crippen LogP contribution in [0.25, 0.3) is 17.0 Å². The molecule has 0 spiro atoms. The van der Waals surface area contributed by atoms with E-state index < -0.39 is 17.5 Å². The second-order valence-corrected chi connectivity index (χ2v) is 6.80.